The van der Waals surface area contributed by atoms with Gasteiger partial charge in [0.15, 0.2) is 0 Å². The van der Waals surface area contributed by atoms with E-state index in [1.54, 1.807) is 0 Å². The molecule has 3 atom stereocenters. The van der Waals surface area contributed by atoms with E-state index >= 15 is 0 Å². The minimum absolute atomic E-state index is 0.134. The summed E-state index contributed by atoms with van der Waals surface area (Å²) in [6.45, 7) is 2.05. The van der Waals surface area contributed by atoms with Gasteiger partial charge >= 0.3 is 0 Å². The van der Waals surface area contributed by atoms with Gasteiger partial charge in [-0.05, 0) is 49.8 Å². The van der Waals surface area contributed by atoms with Crippen molar-refractivity contribution in [3.63, 3.8) is 0 Å². The molecule has 1 aromatic rings. The van der Waals surface area contributed by atoms with Crippen molar-refractivity contribution in [2.45, 2.75) is 51.1 Å². The second-order valence-electron chi connectivity index (χ2n) is 5.86. The first-order valence-corrected chi connectivity index (χ1v) is 8.13. The van der Waals surface area contributed by atoms with Gasteiger partial charge in [0, 0.05) is 23.0 Å². The highest BCUT2D eigenvalue weighted by Gasteiger charge is 2.26. The van der Waals surface area contributed by atoms with Crippen molar-refractivity contribution < 1.29 is 4.79 Å². The number of carbonyl (C=O) groups is 1. The summed E-state index contributed by atoms with van der Waals surface area (Å²) in [5.41, 5.74) is 7.24. The molecule has 4 heteroatoms. The SMILES string of the molecule is CC(Cc1cccc(Br)c1)NC(=O)C[C@@H]1CCC[C@H]1N. The van der Waals surface area contributed by atoms with Gasteiger partial charge in [0.25, 0.3) is 0 Å². The number of hydrogen-bond acceptors (Lipinski definition) is 2. The van der Waals surface area contributed by atoms with Gasteiger partial charge < -0.3 is 11.1 Å². The molecule has 2 rings (SSSR count). The zero-order chi connectivity index (χ0) is 14.5. The first-order chi connectivity index (χ1) is 9.54. The number of benzene rings is 1. The third-order valence-corrected chi connectivity index (χ3v) is 4.50. The van der Waals surface area contributed by atoms with Crippen molar-refractivity contribution in [2.75, 3.05) is 0 Å². The summed E-state index contributed by atoms with van der Waals surface area (Å²) in [6.07, 6.45) is 4.73. The number of rotatable bonds is 5. The van der Waals surface area contributed by atoms with Crippen molar-refractivity contribution in [2.24, 2.45) is 11.7 Å². The van der Waals surface area contributed by atoms with Gasteiger partial charge in [-0.3, -0.25) is 4.79 Å². The summed E-state index contributed by atoms with van der Waals surface area (Å²) >= 11 is 3.47. The summed E-state index contributed by atoms with van der Waals surface area (Å²) in [6, 6.07) is 8.56. The average Bonchev–Trinajstić information content (AvgIpc) is 2.74. The predicted molar refractivity (Wildman–Crippen MR) is 85.4 cm³/mol. The van der Waals surface area contributed by atoms with Crippen molar-refractivity contribution in [1.29, 1.82) is 0 Å². The predicted octanol–water partition coefficient (Wildman–Crippen LogP) is 3.01. The molecular formula is C16H23BrN2O. The van der Waals surface area contributed by atoms with Crippen LogP contribution in [0.4, 0.5) is 0 Å². The highest BCUT2D eigenvalue weighted by molar-refractivity contribution is 9.10. The highest BCUT2D eigenvalue weighted by Crippen LogP contribution is 2.26. The van der Waals surface area contributed by atoms with Gasteiger partial charge in [-0.1, -0.05) is 34.5 Å². The van der Waals surface area contributed by atoms with E-state index in [1.807, 2.05) is 19.1 Å². The van der Waals surface area contributed by atoms with E-state index in [0.717, 1.165) is 30.2 Å². The van der Waals surface area contributed by atoms with E-state index in [2.05, 4.69) is 33.4 Å². The van der Waals surface area contributed by atoms with Gasteiger partial charge in [-0.25, -0.2) is 0 Å². The third-order valence-electron chi connectivity index (χ3n) is 4.00. The van der Waals surface area contributed by atoms with Crippen LogP contribution in [0.3, 0.4) is 0 Å². The number of nitrogens with one attached hydrogen (secondary N) is 1. The molecule has 0 bridgehead atoms. The second kappa shape index (κ2) is 7.23. The fraction of sp³-hybridized carbons (Fsp3) is 0.562. The molecule has 0 aliphatic heterocycles. The summed E-state index contributed by atoms with van der Waals surface area (Å²) in [4.78, 5) is 12.0. The first-order valence-electron chi connectivity index (χ1n) is 7.34. The quantitative estimate of drug-likeness (QED) is 0.866. The maximum atomic E-state index is 12.0. The molecule has 110 valence electrons. The van der Waals surface area contributed by atoms with Crippen LogP contribution in [0.5, 0.6) is 0 Å². The van der Waals surface area contributed by atoms with Crippen LogP contribution < -0.4 is 11.1 Å². The minimum atomic E-state index is 0.134. The lowest BCUT2D eigenvalue weighted by Gasteiger charge is -2.18. The van der Waals surface area contributed by atoms with Crippen LogP contribution in [0, 0.1) is 5.92 Å². The topological polar surface area (TPSA) is 55.1 Å². The maximum absolute atomic E-state index is 12.0. The maximum Gasteiger partial charge on any atom is 0.220 e. The Morgan fingerprint density at radius 2 is 2.30 bits per heavy atom. The largest absolute Gasteiger partial charge is 0.353 e. The molecule has 0 heterocycles. The van der Waals surface area contributed by atoms with Crippen molar-refractivity contribution in [1.82, 2.24) is 5.32 Å². The van der Waals surface area contributed by atoms with Crippen LogP contribution in [0.15, 0.2) is 28.7 Å². The fourth-order valence-corrected chi connectivity index (χ4v) is 3.41. The Bertz CT molecular complexity index is 464. The Balaban J connectivity index is 1.79. The number of nitrogens with two attached hydrogens (primary N) is 1. The van der Waals surface area contributed by atoms with Crippen molar-refractivity contribution in [3.8, 4) is 0 Å². The standard InChI is InChI=1S/C16H23BrN2O/c1-11(8-12-4-2-6-14(17)9-12)19-16(20)10-13-5-3-7-15(13)18/h2,4,6,9,11,13,15H,3,5,7-8,10,18H2,1H3,(H,19,20)/t11?,13-,15+/m0/s1. The van der Waals surface area contributed by atoms with Crippen LogP contribution in [0.25, 0.3) is 0 Å². The van der Waals surface area contributed by atoms with E-state index in [0.29, 0.717) is 12.3 Å². The zero-order valence-corrected chi connectivity index (χ0v) is 13.5. The monoisotopic (exact) mass is 338 g/mol. The molecule has 1 aromatic carbocycles. The summed E-state index contributed by atoms with van der Waals surface area (Å²) < 4.78 is 1.07. The van der Waals surface area contributed by atoms with Crippen LogP contribution >= 0.6 is 15.9 Å². The molecule has 1 amide bonds. The van der Waals surface area contributed by atoms with Crippen LogP contribution in [0.2, 0.25) is 0 Å². The molecule has 20 heavy (non-hydrogen) atoms. The van der Waals surface area contributed by atoms with Crippen molar-refractivity contribution >= 4 is 21.8 Å². The molecule has 1 aliphatic carbocycles. The lowest BCUT2D eigenvalue weighted by atomic mass is 9.99. The number of carbonyl (C=O) groups excluding carboxylic acids is 1. The molecule has 0 spiro atoms. The van der Waals surface area contributed by atoms with Gasteiger partial charge in [0.05, 0.1) is 0 Å². The van der Waals surface area contributed by atoms with Crippen molar-refractivity contribution in [3.05, 3.63) is 34.3 Å². The summed E-state index contributed by atoms with van der Waals surface area (Å²) in [5, 5.41) is 3.09. The Morgan fingerprint density at radius 1 is 1.50 bits per heavy atom. The Hall–Kier alpha value is -0.870. The molecule has 1 fully saturated rings. The number of hydrogen-bond donors (Lipinski definition) is 2. The number of halogens is 1. The van der Waals surface area contributed by atoms with E-state index in [4.69, 9.17) is 5.73 Å². The molecule has 0 radical (unpaired) electrons. The van der Waals surface area contributed by atoms with E-state index in [9.17, 15) is 4.79 Å². The van der Waals surface area contributed by atoms with E-state index < -0.39 is 0 Å². The molecule has 0 saturated heterocycles. The molecule has 3 N–H and O–H groups in total. The lowest BCUT2D eigenvalue weighted by molar-refractivity contribution is -0.122. The van der Waals surface area contributed by atoms with Gasteiger partial charge in [-0.15, -0.1) is 0 Å². The van der Waals surface area contributed by atoms with Crippen LogP contribution in [0.1, 0.15) is 38.2 Å². The van der Waals surface area contributed by atoms with Crippen LogP contribution in [-0.2, 0) is 11.2 Å². The molecule has 0 aromatic heterocycles. The number of amides is 1. The molecule has 1 unspecified atom stereocenters. The second-order valence-corrected chi connectivity index (χ2v) is 6.78. The van der Waals surface area contributed by atoms with E-state index in [-0.39, 0.29) is 18.0 Å². The highest BCUT2D eigenvalue weighted by atomic mass is 79.9. The first kappa shape index (κ1) is 15.5. The molecule has 1 aliphatic rings. The minimum Gasteiger partial charge on any atom is -0.353 e. The zero-order valence-electron chi connectivity index (χ0n) is 11.9. The molecule has 3 nitrogen and oxygen atoms in total. The molecular weight excluding hydrogens is 316 g/mol. The van der Waals surface area contributed by atoms with Gasteiger partial charge in [0.1, 0.15) is 0 Å². The summed E-state index contributed by atoms with van der Waals surface area (Å²) in [7, 11) is 0. The Morgan fingerprint density at radius 3 is 2.95 bits per heavy atom. The average molecular weight is 339 g/mol. The Labute approximate surface area is 129 Å². The smallest absolute Gasteiger partial charge is 0.220 e. The summed E-state index contributed by atoms with van der Waals surface area (Å²) in [5.74, 6) is 0.503. The molecule has 1 saturated carbocycles. The van der Waals surface area contributed by atoms with Gasteiger partial charge in [-0.2, -0.15) is 0 Å². The van der Waals surface area contributed by atoms with E-state index in [1.165, 1.54) is 5.56 Å². The third kappa shape index (κ3) is 4.60. The Kier molecular flexibility index (Phi) is 5.61. The van der Waals surface area contributed by atoms with Crippen LogP contribution in [-0.4, -0.2) is 18.0 Å². The normalized spacial score (nSPS) is 23.6. The lowest BCUT2D eigenvalue weighted by Crippen LogP contribution is -2.37. The van der Waals surface area contributed by atoms with Gasteiger partial charge in [0.2, 0.25) is 5.91 Å². The fourth-order valence-electron chi connectivity index (χ4n) is 2.96.